The topological polar surface area (TPSA) is 59.1 Å². The Morgan fingerprint density at radius 1 is 1.08 bits per heavy atom. The highest BCUT2D eigenvalue weighted by Gasteiger charge is 2.15. The molecule has 0 unspecified atom stereocenters. The van der Waals surface area contributed by atoms with Crippen molar-refractivity contribution in [3.8, 4) is 0 Å². The summed E-state index contributed by atoms with van der Waals surface area (Å²) in [5.74, 6) is 0.416. The Labute approximate surface area is 142 Å². The lowest BCUT2D eigenvalue weighted by atomic mass is 9.99. The van der Waals surface area contributed by atoms with Gasteiger partial charge in [-0.2, -0.15) is 0 Å². The van der Waals surface area contributed by atoms with Crippen LogP contribution >= 0.6 is 0 Å². The molecule has 0 spiro atoms. The van der Waals surface area contributed by atoms with E-state index in [0.29, 0.717) is 11.6 Å². The predicted octanol–water partition coefficient (Wildman–Crippen LogP) is 4.55. The van der Waals surface area contributed by atoms with Crippen molar-refractivity contribution in [2.24, 2.45) is 0 Å². The van der Waals surface area contributed by atoms with Crippen molar-refractivity contribution in [2.45, 2.75) is 31.1 Å². The summed E-state index contributed by atoms with van der Waals surface area (Å²) < 4.78 is 27.7. The van der Waals surface area contributed by atoms with E-state index in [9.17, 15) is 8.42 Å². The number of hydrogen-bond donors (Lipinski definition) is 1. The number of pyridine rings is 1. The number of sulfonamides is 1. The number of aromatic nitrogens is 1. The van der Waals surface area contributed by atoms with Gasteiger partial charge in [0.25, 0.3) is 10.0 Å². The fourth-order valence-corrected chi connectivity index (χ4v) is 3.59. The van der Waals surface area contributed by atoms with Crippen LogP contribution in [0, 0.1) is 0 Å². The number of benzene rings is 2. The van der Waals surface area contributed by atoms with Crippen LogP contribution in [0.3, 0.4) is 0 Å². The minimum atomic E-state index is -3.62. The summed E-state index contributed by atoms with van der Waals surface area (Å²) >= 11 is 0. The molecule has 0 aliphatic heterocycles. The first-order valence-electron chi connectivity index (χ1n) is 7.97. The highest BCUT2D eigenvalue weighted by molar-refractivity contribution is 7.92. The summed E-state index contributed by atoms with van der Waals surface area (Å²) in [4.78, 5) is 4.53. The maximum atomic E-state index is 12.5. The first-order valence-corrected chi connectivity index (χ1v) is 9.45. The lowest BCUT2D eigenvalue weighted by Gasteiger charge is -2.11. The van der Waals surface area contributed by atoms with Crippen LogP contribution in [0.4, 0.5) is 5.69 Å². The first kappa shape index (κ1) is 16.5. The SMILES string of the molecule is CC[C@@H](C)c1ccc(S(=O)(=O)Nc2cnc3ccccc3c2)cc1. The zero-order valence-electron chi connectivity index (χ0n) is 13.7. The van der Waals surface area contributed by atoms with Crippen molar-refractivity contribution in [1.82, 2.24) is 4.98 Å². The fourth-order valence-electron chi connectivity index (χ4n) is 2.55. The minimum Gasteiger partial charge on any atom is -0.278 e. The Hall–Kier alpha value is -2.40. The van der Waals surface area contributed by atoms with Crippen LogP contribution in [0.5, 0.6) is 0 Å². The molecule has 4 nitrogen and oxygen atoms in total. The zero-order chi connectivity index (χ0) is 17.2. The van der Waals surface area contributed by atoms with E-state index in [2.05, 4.69) is 23.6 Å². The molecule has 0 aliphatic carbocycles. The summed E-state index contributed by atoms with van der Waals surface area (Å²) in [6.07, 6.45) is 2.56. The van der Waals surface area contributed by atoms with Crippen LogP contribution in [-0.2, 0) is 10.0 Å². The van der Waals surface area contributed by atoms with Crippen molar-refractivity contribution >= 4 is 26.6 Å². The molecule has 1 aromatic heterocycles. The minimum absolute atomic E-state index is 0.253. The van der Waals surface area contributed by atoms with Crippen LogP contribution in [-0.4, -0.2) is 13.4 Å². The van der Waals surface area contributed by atoms with E-state index in [1.54, 1.807) is 18.2 Å². The van der Waals surface area contributed by atoms with E-state index in [-0.39, 0.29) is 4.90 Å². The Kier molecular flexibility index (Phi) is 4.53. The van der Waals surface area contributed by atoms with Gasteiger partial charge in [-0.25, -0.2) is 8.42 Å². The smallest absolute Gasteiger partial charge is 0.261 e. The number of nitrogens with zero attached hydrogens (tertiary/aromatic N) is 1. The number of hydrogen-bond acceptors (Lipinski definition) is 3. The van der Waals surface area contributed by atoms with E-state index >= 15 is 0 Å². The van der Waals surface area contributed by atoms with Crippen molar-refractivity contribution in [2.75, 3.05) is 4.72 Å². The molecule has 0 radical (unpaired) electrons. The molecule has 24 heavy (non-hydrogen) atoms. The van der Waals surface area contributed by atoms with Gasteiger partial charge in [0.05, 0.1) is 22.3 Å². The average molecular weight is 340 g/mol. The standard InChI is InChI=1S/C19H20N2O2S/c1-3-14(2)15-8-10-18(11-9-15)24(22,23)21-17-12-16-6-4-5-7-19(16)20-13-17/h4-14,21H,3H2,1-2H3/t14-/m1/s1. The molecule has 3 rings (SSSR count). The molecule has 5 heteroatoms. The molecule has 0 aliphatic rings. The maximum absolute atomic E-state index is 12.5. The van der Waals surface area contributed by atoms with E-state index in [1.165, 1.54) is 6.20 Å². The highest BCUT2D eigenvalue weighted by Crippen LogP contribution is 2.23. The molecule has 0 saturated carbocycles. The zero-order valence-corrected chi connectivity index (χ0v) is 14.5. The van der Waals surface area contributed by atoms with Crippen LogP contribution in [0.2, 0.25) is 0 Å². The van der Waals surface area contributed by atoms with Gasteiger partial charge in [-0.1, -0.05) is 44.2 Å². The van der Waals surface area contributed by atoms with Gasteiger partial charge < -0.3 is 0 Å². The molecular weight excluding hydrogens is 320 g/mol. The van der Waals surface area contributed by atoms with Gasteiger partial charge in [-0.05, 0) is 42.2 Å². The number of anilines is 1. The Bertz CT molecular complexity index is 951. The number of para-hydroxylation sites is 1. The quantitative estimate of drug-likeness (QED) is 0.741. The van der Waals surface area contributed by atoms with Gasteiger partial charge in [-0.3, -0.25) is 9.71 Å². The van der Waals surface area contributed by atoms with Crippen molar-refractivity contribution in [3.05, 3.63) is 66.4 Å². The highest BCUT2D eigenvalue weighted by atomic mass is 32.2. The molecule has 1 N–H and O–H groups in total. The molecule has 2 aromatic carbocycles. The van der Waals surface area contributed by atoms with Crippen molar-refractivity contribution in [3.63, 3.8) is 0 Å². The molecule has 0 fully saturated rings. The molecular formula is C19H20N2O2S. The summed E-state index contributed by atoms with van der Waals surface area (Å²) in [6.45, 7) is 4.24. The summed E-state index contributed by atoms with van der Waals surface area (Å²) in [5.41, 5.74) is 2.43. The number of fused-ring (bicyclic) bond motifs is 1. The second kappa shape index (κ2) is 6.61. The lowest BCUT2D eigenvalue weighted by molar-refractivity contribution is 0.601. The monoisotopic (exact) mass is 340 g/mol. The second-order valence-electron chi connectivity index (χ2n) is 5.90. The van der Waals surface area contributed by atoms with Crippen LogP contribution in [0.1, 0.15) is 31.7 Å². The molecule has 124 valence electrons. The molecule has 1 atom stereocenters. The van der Waals surface area contributed by atoms with Crippen LogP contribution in [0.15, 0.2) is 65.7 Å². The normalized spacial score (nSPS) is 12.9. The van der Waals surface area contributed by atoms with E-state index in [1.807, 2.05) is 36.4 Å². The summed E-state index contributed by atoms with van der Waals surface area (Å²) in [7, 11) is -3.62. The number of nitrogens with one attached hydrogen (secondary N) is 1. The Morgan fingerprint density at radius 3 is 2.50 bits per heavy atom. The van der Waals surface area contributed by atoms with Gasteiger partial charge in [0, 0.05) is 5.39 Å². The van der Waals surface area contributed by atoms with Gasteiger partial charge in [0.15, 0.2) is 0 Å². The predicted molar refractivity (Wildman–Crippen MR) is 97.7 cm³/mol. The third-order valence-electron chi connectivity index (χ3n) is 4.21. The van der Waals surface area contributed by atoms with E-state index in [0.717, 1.165) is 22.9 Å². The molecule has 0 bridgehead atoms. The van der Waals surface area contributed by atoms with Gasteiger partial charge >= 0.3 is 0 Å². The Balaban J connectivity index is 1.86. The van der Waals surface area contributed by atoms with E-state index < -0.39 is 10.0 Å². The molecule has 0 amide bonds. The molecule has 3 aromatic rings. The van der Waals surface area contributed by atoms with Gasteiger partial charge in [-0.15, -0.1) is 0 Å². The summed E-state index contributed by atoms with van der Waals surface area (Å²) in [6, 6.07) is 16.4. The molecule has 0 saturated heterocycles. The van der Waals surface area contributed by atoms with Crippen LogP contribution in [0.25, 0.3) is 10.9 Å². The van der Waals surface area contributed by atoms with Gasteiger partial charge in [0.2, 0.25) is 0 Å². The maximum Gasteiger partial charge on any atom is 0.261 e. The summed E-state index contributed by atoms with van der Waals surface area (Å²) in [5, 5.41) is 0.893. The molecule has 1 heterocycles. The van der Waals surface area contributed by atoms with E-state index in [4.69, 9.17) is 0 Å². The third kappa shape index (κ3) is 3.41. The van der Waals surface area contributed by atoms with Crippen molar-refractivity contribution < 1.29 is 8.42 Å². The number of rotatable bonds is 5. The lowest BCUT2D eigenvalue weighted by Crippen LogP contribution is -2.13. The largest absolute Gasteiger partial charge is 0.278 e. The fraction of sp³-hybridized carbons (Fsp3) is 0.211. The Morgan fingerprint density at radius 2 is 1.79 bits per heavy atom. The van der Waals surface area contributed by atoms with Crippen molar-refractivity contribution in [1.29, 1.82) is 0 Å². The third-order valence-corrected chi connectivity index (χ3v) is 5.61. The second-order valence-corrected chi connectivity index (χ2v) is 7.58. The van der Waals surface area contributed by atoms with Gasteiger partial charge in [0.1, 0.15) is 0 Å². The average Bonchev–Trinajstić information content (AvgIpc) is 2.60. The first-order chi connectivity index (χ1) is 11.5. The van der Waals surface area contributed by atoms with Crippen LogP contribution < -0.4 is 4.72 Å².